The minimum atomic E-state index is -2.62. The van der Waals surface area contributed by atoms with E-state index in [0.29, 0.717) is 33.6 Å². The number of rotatable bonds is 2. The monoisotopic (exact) mass is 453 g/mol. The Hall–Kier alpha value is -4.05. The van der Waals surface area contributed by atoms with Gasteiger partial charge in [-0.2, -0.15) is 4.57 Å². The Morgan fingerprint density at radius 3 is 2.29 bits per heavy atom. The topological polar surface area (TPSA) is 17.0 Å². The number of halogens is 2. The van der Waals surface area contributed by atoms with E-state index in [1.165, 1.54) is 12.1 Å². The Balaban J connectivity index is 1.67. The Morgan fingerprint density at radius 2 is 1.50 bits per heavy atom. The highest BCUT2D eigenvalue weighted by molar-refractivity contribution is 6.13. The van der Waals surface area contributed by atoms with E-state index in [4.69, 9.17) is 8.53 Å². The molecule has 4 aromatic carbocycles. The summed E-state index contributed by atoms with van der Waals surface area (Å²) in [7, 11) is 1.66. The van der Waals surface area contributed by atoms with E-state index < -0.39 is 18.5 Å². The molecule has 0 spiro atoms. The van der Waals surface area contributed by atoms with Crippen molar-refractivity contribution in [1.29, 1.82) is 0 Å². The molecule has 0 bridgehead atoms. The molecule has 2 aromatic heterocycles. The number of benzene rings is 4. The number of hydrogen-bond donors (Lipinski definition) is 0. The van der Waals surface area contributed by atoms with Gasteiger partial charge in [0, 0.05) is 21.0 Å². The minimum Gasteiger partial charge on any atom is -0.454 e. The van der Waals surface area contributed by atoms with E-state index in [9.17, 15) is 4.39 Å². The number of furan rings is 1. The molecule has 0 atom stereocenters. The molecule has 6 aromatic rings. The van der Waals surface area contributed by atoms with E-state index in [0.717, 1.165) is 33.3 Å². The molecule has 0 N–H and O–H groups in total. The first kappa shape index (κ1) is 17.4. The molecular weight excluding hydrogens is 428 g/mol. The summed E-state index contributed by atoms with van der Waals surface area (Å²) < 4.78 is 61.2. The van der Waals surface area contributed by atoms with Gasteiger partial charge in [-0.25, -0.2) is 8.78 Å². The van der Waals surface area contributed by atoms with Crippen LogP contribution in [0.15, 0.2) is 83.4 Å². The standard InChI is InChI=1S/C30H22F2NO/c1-17-8-11-22-23-12-13-24(31)28(21-10-9-19-6-4-5-7-20(19)15-21)30(23)34-29(22)27(17)26-14-18(2)25(32)16-33(26)3/h4-16H,1-3H3/q+1/i2D3. The van der Waals surface area contributed by atoms with E-state index in [2.05, 4.69) is 0 Å². The highest BCUT2D eigenvalue weighted by atomic mass is 19.1. The lowest BCUT2D eigenvalue weighted by Crippen LogP contribution is -2.31. The highest BCUT2D eigenvalue weighted by Gasteiger charge is 2.24. The largest absolute Gasteiger partial charge is 0.454 e. The molecule has 0 saturated heterocycles. The van der Waals surface area contributed by atoms with Gasteiger partial charge in [-0.05, 0) is 59.4 Å². The van der Waals surface area contributed by atoms with Crippen molar-refractivity contribution >= 4 is 32.7 Å². The van der Waals surface area contributed by atoms with Crippen LogP contribution in [-0.4, -0.2) is 0 Å². The molecule has 0 aliphatic carbocycles. The van der Waals surface area contributed by atoms with Gasteiger partial charge in [0.05, 0.1) is 11.1 Å². The molecule has 0 amide bonds. The predicted octanol–water partition coefficient (Wildman–Crippen LogP) is 7.79. The minimum absolute atomic E-state index is 0.356. The second-order valence-electron chi connectivity index (χ2n) is 8.63. The molecule has 2 nitrogen and oxygen atoms in total. The van der Waals surface area contributed by atoms with Crippen LogP contribution in [0.2, 0.25) is 0 Å². The summed E-state index contributed by atoms with van der Waals surface area (Å²) in [5.41, 5.74) is 3.51. The van der Waals surface area contributed by atoms with Gasteiger partial charge >= 0.3 is 0 Å². The molecule has 4 heteroatoms. The first-order chi connectivity index (χ1) is 17.6. The van der Waals surface area contributed by atoms with Crippen LogP contribution in [0.3, 0.4) is 0 Å². The van der Waals surface area contributed by atoms with Crippen LogP contribution in [0, 0.1) is 25.4 Å². The number of aromatic nitrogens is 1. The van der Waals surface area contributed by atoms with Gasteiger partial charge in [0.1, 0.15) is 24.0 Å². The van der Waals surface area contributed by atoms with Crippen LogP contribution >= 0.6 is 0 Å². The highest BCUT2D eigenvalue weighted by Crippen LogP contribution is 2.42. The van der Waals surface area contributed by atoms with Crippen LogP contribution in [-0.2, 0) is 7.05 Å². The van der Waals surface area contributed by atoms with Crippen molar-refractivity contribution in [3.8, 4) is 22.4 Å². The van der Waals surface area contributed by atoms with Crippen molar-refractivity contribution in [2.24, 2.45) is 7.05 Å². The number of pyridine rings is 1. The van der Waals surface area contributed by atoms with Gasteiger partial charge < -0.3 is 4.42 Å². The smallest absolute Gasteiger partial charge is 0.216 e. The number of hydrogen-bond acceptors (Lipinski definition) is 1. The van der Waals surface area contributed by atoms with Crippen molar-refractivity contribution in [1.82, 2.24) is 0 Å². The second kappa shape index (κ2) is 7.49. The molecular formula is C30H22F2NO+. The van der Waals surface area contributed by atoms with Crippen molar-refractivity contribution in [2.75, 3.05) is 0 Å². The van der Waals surface area contributed by atoms with Gasteiger partial charge in [-0.3, -0.25) is 0 Å². The number of aryl methyl sites for hydroxylation is 3. The van der Waals surface area contributed by atoms with Gasteiger partial charge in [0.15, 0.2) is 5.82 Å². The summed E-state index contributed by atoms with van der Waals surface area (Å²) in [5, 5.41) is 3.54. The van der Waals surface area contributed by atoms with Crippen LogP contribution in [0.1, 0.15) is 15.2 Å². The van der Waals surface area contributed by atoms with Gasteiger partial charge in [0.2, 0.25) is 11.9 Å². The number of fused-ring (bicyclic) bond motifs is 4. The first-order valence-corrected chi connectivity index (χ1v) is 11.0. The normalized spacial score (nSPS) is 13.4. The SMILES string of the molecule is [2H]C([2H])([2H])c1cc(-c2c(C)ccc3c2oc2c(-c4ccc5ccccc5c4)c(F)ccc23)[n+](C)cc1F. The average Bonchev–Trinajstić information content (AvgIpc) is 3.22. The van der Waals surface area contributed by atoms with Crippen molar-refractivity contribution in [2.45, 2.75) is 13.8 Å². The molecule has 0 saturated carbocycles. The molecule has 6 rings (SSSR count). The summed E-state index contributed by atoms with van der Waals surface area (Å²) in [6.45, 7) is -0.736. The van der Waals surface area contributed by atoms with Crippen LogP contribution in [0.4, 0.5) is 8.78 Å². The Kier molecular flexibility index (Phi) is 3.84. The van der Waals surface area contributed by atoms with Crippen LogP contribution < -0.4 is 4.57 Å². The summed E-state index contributed by atoms with van der Waals surface area (Å²) in [5.74, 6) is -1.21. The van der Waals surface area contributed by atoms with E-state index in [1.807, 2.05) is 61.5 Å². The number of nitrogens with zero attached hydrogens (tertiary/aromatic N) is 1. The van der Waals surface area contributed by atoms with Crippen LogP contribution in [0.25, 0.3) is 55.1 Å². The maximum absolute atomic E-state index is 15.4. The van der Waals surface area contributed by atoms with Gasteiger partial charge in [-0.15, -0.1) is 0 Å². The van der Waals surface area contributed by atoms with Crippen molar-refractivity contribution in [3.63, 3.8) is 0 Å². The Labute approximate surface area is 199 Å². The average molecular weight is 454 g/mol. The van der Waals surface area contributed by atoms with Gasteiger partial charge in [0.25, 0.3) is 0 Å². The molecule has 0 fully saturated rings. The second-order valence-corrected chi connectivity index (χ2v) is 8.63. The fourth-order valence-corrected chi connectivity index (χ4v) is 4.78. The lowest BCUT2D eigenvalue weighted by atomic mass is 9.97. The van der Waals surface area contributed by atoms with E-state index >= 15 is 4.39 Å². The zero-order valence-electron chi connectivity index (χ0n) is 21.6. The zero-order valence-corrected chi connectivity index (χ0v) is 18.6. The van der Waals surface area contributed by atoms with Crippen molar-refractivity contribution < 1.29 is 21.9 Å². The fourth-order valence-electron chi connectivity index (χ4n) is 4.78. The quantitative estimate of drug-likeness (QED) is 0.245. The summed E-state index contributed by atoms with van der Waals surface area (Å²) >= 11 is 0. The third-order valence-corrected chi connectivity index (χ3v) is 6.49. The summed E-state index contributed by atoms with van der Waals surface area (Å²) in [6, 6.07) is 22.0. The van der Waals surface area contributed by atoms with Gasteiger partial charge in [-0.1, -0.05) is 48.5 Å². The molecule has 0 aliphatic heterocycles. The fraction of sp³-hybridized carbons (Fsp3) is 0.100. The summed E-state index contributed by atoms with van der Waals surface area (Å²) in [6.07, 6.45) is 1.16. The maximum Gasteiger partial charge on any atom is 0.216 e. The molecule has 2 heterocycles. The molecule has 0 radical (unpaired) electrons. The maximum atomic E-state index is 15.4. The summed E-state index contributed by atoms with van der Waals surface area (Å²) in [4.78, 5) is 0. The van der Waals surface area contributed by atoms with E-state index in [-0.39, 0.29) is 5.56 Å². The zero-order chi connectivity index (χ0) is 26.1. The molecule has 166 valence electrons. The predicted molar refractivity (Wildman–Crippen MR) is 133 cm³/mol. The van der Waals surface area contributed by atoms with Crippen LogP contribution in [0.5, 0.6) is 0 Å². The third kappa shape index (κ3) is 3.02. The molecule has 0 aliphatic rings. The lowest BCUT2D eigenvalue weighted by Gasteiger charge is -2.07. The molecule has 0 unspecified atom stereocenters. The van der Waals surface area contributed by atoms with Crippen molar-refractivity contribution in [3.05, 3.63) is 102 Å². The molecule has 34 heavy (non-hydrogen) atoms. The first-order valence-electron chi connectivity index (χ1n) is 12.5. The third-order valence-electron chi connectivity index (χ3n) is 6.49. The Morgan fingerprint density at radius 1 is 0.765 bits per heavy atom. The lowest BCUT2D eigenvalue weighted by molar-refractivity contribution is -0.662. The van der Waals surface area contributed by atoms with E-state index in [1.54, 1.807) is 17.7 Å². The Bertz CT molecular complexity index is 1870.